The Labute approximate surface area is 209 Å². The third-order valence-corrected chi connectivity index (χ3v) is 6.51. The van der Waals surface area contributed by atoms with Gasteiger partial charge < -0.3 is 10.3 Å². The van der Waals surface area contributed by atoms with Crippen molar-refractivity contribution in [1.29, 1.82) is 0 Å². The molecule has 1 aliphatic rings. The Morgan fingerprint density at radius 1 is 0.973 bits per heavy atom. The number of aromatic amines is 2. The number of aromatic nitrogens is 7. The number of carbonyl (C=O) groups excluding carboxylic acids is 1. The third-order valence-electron chi connectivity index (χ3n) is 6.51. The van der Waals surface area contributed by atoms with Gasteiger partial charge in [0.15, 0.2) is 11.5 Å². The fourth-order valence-electron chi connectivity index (χ4n) is 4.47. The molecule has 180 valence electrons. The Kier molecular flexibility index (Phi) is 4.78. The van der Waals surface area contributed by atoms with Crippen molar-refractivity contribution in [2.75, 3.05) is 5.32 Å². The lowest BCUT2D eigenvalue weighted by Gasteiger charge is -2.07. The average molecular weight is 491 g/mol. The predicted octanol–water partition coefficient (Wildman–Crippen LogP) is 5.11. The highest BCUT2D eigenvalue weighted by molar-refractivity contribution is 5.98. The van der Waals surface area contributed by atoms with Gasteiger partial charge in [0.1, 0.15) is 22.5 Å². The zero-order chi connectivity index (χ0) is 24.9. The molecule has 3 N–H and O–H groups in total. The molecule has 1 amide bonds. The van der Waals surface area contributed by atoms with Crippen molar-refractivity contribution in [1.82, 2.24) is 35.1 Å². The Morgan fingerprint density at radius 3 is 2.68 bits per heavy atom. The monoisotopic (exact) mass is 490 g/mol. The smallest absolute Gasteiger partial charge is 0.227 e. The first-order valence-corrected chi connectivity index (χ1v) is 11.8. The van der Waals surface area contributed by atoms with Crippen LogP contribution in [0.3, 0.4) is 0 Å². The van der Waals surface area contributed by atoms with E-state index in [0.717, 1.165) is 24.0 Å². The molecular weight excluding hydrogens is 471 g/mol. The summed E-state index contributed by atoms with van der Waals surface area (Å²) in [4.78, 5) is 32.9. The number of amides is 1. The number of nitrogens with one attached hydrogen (secondary N) is 3. The standard InChI is InChI=1S/C27H19FN8O/c28-21-11-16(17-9-18(13-30-12-17)32-27(37)15-1-2-15)10-20-22(21)35-36-24(20)26-33-23-19(5-8-31-25(23)34-26)14-3-6-29-7-4-14/h3-13,15H,1-2H2,(H,32,37)(H,35,36)(H,31,33,34). The van der Waals surface area contributed by atoms with Crippen LogP contribution in [0.1, 0.15) is 12.8 Å². The molecular formula is C27H19FN8O. The number of H-pyrrole nitrogens is 2. The van der Waals surface area contributed by atoms with Crippen LogP contribution in [-0.2, 0) is 4.79 Å². The van der Waals surface area contributed by atoms with Crippen molar-refractivity contribution < 1.29 is 9.18 Å². The second-order valence-corrected chi connectivity index (χ2v) is 9.06. The molecule has 7 rings (SSSR count). The number of pyridine rings is 3. The molecule has 1 fully saturated rings. The maximum Gasteiger partial charge on any atom is 0.227 e. The van der Waals surface area contributed by atoms with Crippen LogP contribution in [0.25, 0.3) is 55.8 Å². The fraction of sp³-hybridized carbons (Fsp3) is 0.111. The van der Waals surface area contributed by atoms with E-state index in [0.29, 0.717) is 44.9 Å². The molecule has 5 heterocycles. The lowest BCUT2D eigenvalue weighted by atomic mass is 10.0. The highest BCUT2D eigenvalue weighted by Crippen LogP contribution is 2.34. The van der Waals surface area contributed by atoms with Crippen LogP contribution in [0, 0.1) is 11.7 Å². The first-order valence-electron chi connectivity index (χ1n) is 11.8. The van der Waals surface area contributed by atoms with E-state index in [9.17, 15) is 4.79 Å². The zero-order valence-electron chi connectivity index (χ0n) is 19.4. The number of nitrogens with zero attached hydrogens (tertiary/aromatic N) is 5. The van der Waals surface area contributed by atoms with E-state index in [1.54, 1.807) is 37.1 Å². The topological polar surface area (TPSA) is 125 Å². The van der Waals surface area contributed by atoms with Crippen LogP contribution < -0.4 is 5.32 Å². The number of halogens is 1. The number of fused-ring (bicyclic) bond motifs is 2. The Bertz CT molecular complexity index is 1810. The largest absolute Gasteiger partial charge is 0.324 e. The van der Waals surface area contributed by atoms with Crippen LogP contribution in [0.4, 0.5) is 10.1 Å². The van der Waals surface area contributed by atoms with Gasteiger partial charge in [-0.1, -0.05) is 0 Å². The number of rotatable bonds is 5. The minimum atomic E-state index is -0.453. The molecule has 1 aromatic carbocycles. The summed E-state index contributed by atoms with van der Waals surface area (Å²) in [6, 6.07) is 10.8. The zero-order valence-corrected chi connectivity index (χ0v) is 19.4. The summed E-state index contributed by atoms with van der Waals surface area (Å²) in [5.74, 6) is 0.0754. The summed E-state index contributed by atoms with van der Waals surface area (Å²) in [5.41, 5.74) is 5.74. The summed E-state index contributed by atoms with van der Waals surface area (Å²) in [6.07, 6.45) is 10.2. The van der Waals surface area contributed by atoms with Gasteiger partial charge in [-0.15, -0.1) is 0 Å². The summed E-state index contributed by atoms with van der Waals surface area (Å²) in [5, 5.41) is 10.6. The molecule has 37 heavy (non-hydrogen) atoms. The Hall–Kier alpha value is -4.99. The lowest BCUT2D eigenvalue weighted by molar-refractivity contribution is -0.117. The molecule has 0 spiro atoms. The molecule has 6 aromatic rings. The quantitative estimate of drug-likeness (QED) is 0.308. The predicted molar refractivity (Wildman–Crippen MR) is 137 cm³/mol. The van der Waals surface area contributed by atoms with Crippen molar-refractivity contribution in [3.05, 3.63) is 73.2 Å². The summed E-state index contributed by atoms with van der Waals surface area (Å²) >= 11 is 0. The lowest BCUT2D eigenvalue weighted by Crippen LogP contribution is -2.13. The number of imidazole rings is 1. The van der Waals surface area contributed by atoms with Gasteiger partial charge >= 0.3 is 0 Å². The molecule has 9 nitrogen and oxygen atoms in total. The second kappa shape index (κ2) is 8.30. The molecule has 0 saturated heterocycles. The van der Waals surface area contributed by atoms with Gasteiger partial charge in [-0.05, 0) is 60.4 Å². The molecule has 5 aromatic heterocycles. The van der Waals surface area contributed by atoms with Gasteiger partial charge in [0.25, 0.3) is 0 Å². The van der Waals surface area contributed by atoms with Crippen molar-refractivity contribution >= 4 is 33.7 Å². The number of hydrogen-bond donors (Lipinski definition) is 3. The van der Waals surface area contributed by atoms with E-state index in [1.807, 2.05) is 24.3 Å². The molecule has 0 unspecified atom stereocenters. The van der Waals surface area contributed by atoms with Gasteiger partial charge in [0.2, 0.25) is 5.91 Å². The van der Waals surface area contributed by atoms with Gasteiger partial charge in [-0.2, -0.15) is 5.10 Å². The van der Waals surface area contributed by atoms with Crippen LogP contribution >= 0.6 is 0 Å². The van der Waals surface area contributed by atoms with E-state index in [-0.39, 0.29) is 17.3 Å². The number of benzene rings is 1. The molecule has 0 atom stereocenters. The molecule has 0 aliphatic heterocycles. The van der Waals surface area contributed by atoms with Crippen LogP contribution in [0.5, 0.6) is 0 Å². The molecule has 10 heteroatoms. The highest BCUT2D eigenvalue weighted by Gasteiger charge is 2.29. The SMILES string of the molecule is O=C(Nc1cncc(-c2cc(F)c3[nH]nc(-c4nc5c(-c6ccncc6)ccnc5[nH]4)c3c2)c1)C1CC1. The van der Waals surface area contributed by atoms with E-state index in [1.165, 1.54) is 6.07 Å². The fourth-order valence-corrected chi connectivity index (χ4v) is 4.47. The number of anilines is 1. The van der Waals surface area contributed by atoms with Gasteiger partial charge in [-0.25, -0.2) is 14.4 Å². The number of carbonyl (C=O) groups is 1. The maximum absolute atomic E-state index is 15.2. The summed E-state index contributed by atoms with van der Waals surface area (Å²) in [7, 11) is 0. The van der Waals surface area contributed by atoms with E-state index in [2.05, 4.69) is 35.5 Å². The average Bonchev–Trinajstić information content (AvgIpc) is 3.55. The normalized spacial score (nSPS) is 13.3. The van der Waals surface area contributed by atoms with E-state index in [4.69, 9.17) is 4.98 Å². The molecule has 1 saturated carbocycles. The van der Waals surface area contributed by atoms with Gasteiger partial charge in [-0.3, -0.25) is 19.9 Å². The van der Waals surface area contributed by atoms with Gasteiger partial charge in [0.05, 0.1) is 11.9 Å². The van der Waals surface area contributed by atoms with E-state index < -0.39 is 5.82 Å². The van der Waals surface area contributed by atoms with Crippen LogP contribution in [-0.4, -0.2) is 41.0 Å². The van der Waals surface area contributed by atoms with Crippen molar-refractivity contribution in [3.63, 3.8) is 0 Å². The van der Waals surface area contributed by atoms with Crippen LogP contribution in [0.15, 0.2) is 67.4 Å². The maximum atomic E-state index is 15.2. The molecule has 0 radical (unpaired) electrons. The van der Waals surface area contributed by atoms with Gasteiger partial charge in [0, 0.05) is 47.2 Å². The van der Waals surface area contributed by atoms with Crippen LogP contribution in [0.2, 0.25) is 0 Å². The van der Waals surface area contributed by atoms with Crippen molar-refractivity contribution in [3.8, 4) is 33.8 Å². The Balaban J connectivity index is 1.31. The van der Waals surface area contributed by atoms with Crippen molar-refractivity contribution in [2.45, 2.75) is 12.8 Å². The summed E-state index contributed by atoms with van der Waals surface area (Å²) < 4.78 is 15.2. The number of hydrogen-bond acceptors (Lipinski definition) is 6. The first-order chi connectivity index (χ1) is 18.1. The van der Waals surface area contributed by atoms with E-state index >= 15 is 4.39 Å². The highest BCUT2D eigenvalue weighted by atomic mass is 19.1. The minimum absolute atomic E-state index is 0.0117. The molecule has 1 aliphatic carbocycles. The third kappa shape index (κ3) is 3.79. The minimum Gasteiger partial charge on any atom is -0.324 e. The second-order valence-electron chi connectivity index (χ2n) is 9.06. The Morgan fingerprint density at radius 2 is 1.84 bits per heavy atom. The first kappa shape index (κ1) is 21.3. The van der Waals surface area contributed by atoms with Crippen molar-refractivity contribution in [2.24, 2.45) is 5.92 Å². The summed E-state index contributed by atoms with van der Waals surface area (Å²) in [6.45, 7) is 0. The molecule has 0 bridgehead atoms.